The molecule has 0 N–H and O–H groups in total. The molecule has 0 nitrogen and oxygen atoms in total. The maximum atomic E-state index is 8.44. The van der Waals surface area contributed by atoms with Crippen molar-refractivity contribution >= 4 is 0 Å². The predicted octanol–water partition coefficient (Wildman–Crippen LogP) is 4.49. The molecule has 0 bridgehead atoms. The van der Waals surface area contributed by atoms with Crippen molar-refractivity contribution in [2.24, 2.45) is 17.7 Å². The van der Waals surface area contributed by atoms with Gasteiger partial charge < -0.3 is 0 Å². The first-order chi connectivity index (χ1) is 6.04. The van der Waals surface area contributed by atoms with E-state index < -0.39 is 0 Å². The fraction of sp³-hybridized carbons (Fsp3) is 1.00. The Balaban J connectivity index is 4.48. The largest absolute Gasteiger partial charge is 0.0651 e. The van der Waals surface area contributed by atoms with Crippen LogP contribution in [0, 0.1) is 17.7 Å². The van der Waals surface area contributed by atoms with Crippen LogP contribution in [0.15, 0.2) is 0 Å². The monoisotopic (exact) mass is 171 g/mol. The second-order valence-corrected chi connectivity index (χ2v) is 3.77. The van der Waals surface area contributed by atoms with E-state index in [2.05, 4.69) is 34.6 Å². The molecule has 0 atom stereocenters. The average molecular weight is 171 g/mol. The van der Waals surface area contributed by atoms with E-state index in [0.717, 1.165) is 25.7 Å². The molecular weight excluding hydrogens is 144 g/mol. The summed E-state index contributed by atoms with van der Waals surface area (Å²) in [6, 6.07) is 0. The van der Waals surface area contributed by atoms with Gasteiger partial charge in [-0.05, 0) is 17.7 Å². The van der Waals surface area contributed by atoms with Crippen LogP contribution in [-0.4, -0.2) is 0 Å². The van der Waals surface area contributed by atoms with Gasteiger partial charge in [0.25, 0.3) is 0 Å². The van der Waals surface area contributed by atoms with Crippen LogP contribution in [0.4, 0.5) is 0 Å². The lowest BCUT2D eigenvalue weighted by Gasteiger charge is -2.28. The van der Waals surface area contributed by atoms with Gasteiger partial charge >= 0.3 is 0 Å². The molecule has 0 fully saturated rings. The smallest absolute Gasteiger partial charge is 0.0306 e. The van der Waals surface area contributed by atoms with Gasteiger partial charge in [-0.2, -0.15) is 0 Å². The highest BCUT2D eigenvalue weighted by molar-refractivity contribution is 4.70. The zero-order valence-corrected chi connectivity index (χ0v) is 9.48. The van der Waals surface area contributed by atoms with Crippen LogP contribution in [0.2, 0.25) is 0 Å². The summed E-state index contributed by atoms with van der Waals surface area (Å²) in [6.07, 6.45) is 4.58. The number of hydrogen-bond acceptors (Lipinski definition) is 0. The van der Waals surface area contributed by atoms with Gasteiger partial charge in [-0.15, -0.1) is 0 Å². The minimum atomic E-state index is -0.215. The van der Waals surface area contributed by atoms with E-state index in [4.69, 9.17) is 1.37 Å². The fourth-order valence-corrected chi connectivity index (χ4v) is 2.20. The molecular formula is C12H26. The molecule has 0 radical (unpaired) electrons. The van der Waals surface area contributed by atoms with Gasteiger partial charge in [0, 0.05) is 1.37 Å². The van der Waals surface area contributed by atoms with Crippen molar-refractivity contribution < 1.29 is 1.37 Å². The molecule has 0 aliphatic heterocycles. The topological polar surface area (TPSA) is 0 Å². The van der Waals surface area contributed by atoms with Crippen molar-refractivity contribution in [2.75, 3.05) is 0 Å². The number of hydrogen-bond donors (Lipinski definition) is 0. The highest BCUT2D eigenvalue weighted by Crippen LogP contribution is 2.30. The third-order valence-corrected chi connectivity index (χ3v) is 3.26. The minimum Gasteiger partial charge on any atom is -0.0651 e. The molecule has 0 saturated carbocycles. The van der Waals surface area contributed by atoms with E-state index in [1.165, 1.54) is 0 Å². The van der Waals surface area contributed by atoms with Gasteiger partial charge in [0.2, 0.25) is 0 Å². The van der Waals surface area contributed by atoms with Gasteiger partial charge in [-0.1, -0.05) is 60.3 Å². The SMILES string of the molecule is [2H]C(C)(C(CC)CC)C(CC)CC. The molecule has 0 aromatic carbocycles. The average Bonchev–Trinajstić information content (AvgIpc) is 2.07. The van der Waals surface area contributed by atoms with Crippen LogP contribution in [-0.2, 0) is 0 Å². The molecule has 12 heavy (non-hydrogen) atoms. The van der Waals surface area contributed by atoms with Gasteiger partial charge in [-0.25, -0.2) is 0 Å². The van der Waals surface area contributed by atoms with Crippen LogP contribution in [0.3, 0.4) is 0 Å². The van der Waals surface area contributed by atoms with Crippen molar-refractivity contribution in [3.8, 4) is 0 Å². The van der Waals surface area contributed by atoms with Crippen molar-refractivity contribution in [3.05, 3.63) is 0 Å². The Morgan fingerprint density at radius 1 is 0.833 bits per heavy atom. The molecule has 0 rings (SSSR count). The summed E-state index contributed by atoms with van der Waals surface area (Å²) in [5, 5.41) is 0. The molecule has 74 valence electrons. The van der Waals surface area contributed by atoms with Gasteiger partial charge in [0.1, 0.15) is 0 Å². The van der Waals surface area contributed by atoms with Crippen LogP contribution in [0.1, 0.15) is 61.7 Å². The van der Waals surface area contributed by atoms with Crippen LogP contribution >= 0.6 is 0 Å². The van der Waals surface area contributed by atoms with E-state index >= 15 is 0 Å². The third kappa shape index (κ3) is 3.16. The summed E-state index contributed by atoms with van der Waals surface area (Å²) in [7, 11) is 0. The van der Waals surface area contributed by atoms with E-state index in [-0.39, 0.29) is 5.89 Å². The summed E-state index contributed by atoms with van der Waals surface area (Å²) < 4.78 is 8.44. The summed E-state index contributed by atoms with van der Waals surface area (Å²) >= 11 is 0. The summed E-state index contributed by atoms with van der Waals surface area (Å²) in [5.41, 5.74) is 0. The van der Waals surface area contributed by atoms with E-state index in [0.29, 0.717) is 11.8 Å². The zero-order valence-electron chi connectivity index (χ0n) is 10.5. The van der Waals surface area contributed by atoms with Crippen LogP contribution in [0.5, 0.6) is 0 Å². The quantitative estimate of drug-likeness (QED) is 0.552. The first-order valence-electron chi connectivity index (χ1n) is 6.04. The Kier molecular flexibility index (Phi) is 5.47. The van der Waals surface area contributed by atoms with Crippen molar-refractivity contribution in [2.45, 2.75) is 60.3 Å². The Bertz CT molecular complexity index is 107. The normalized spacial score (nSPS) is 14.1. The Morgan fingerprint density at radius 3 is 1.25 bits per heavy atom. The first-order valence-corrected chi connectivity index (χ1v) is 5.54. The minimum absolute atomic E-state index is 0.215. The lowest BCUT2D eigenvalue weighted by Crippen LogP contribution is -2.19. The fourth-order valence-electron chi connectivity index (χ4n) is 2.20. The third-order valence-electron chi connectivity index (χ3n) is 3.26. The van der Waals surface area contributed by atoms with Gasteiger partial charge in [0.15, 0.2) is 0 Å². The molecule has 0 spiro atoms. The summed E-state index contributed by atoms with van der Waals surface area (Å²) in [6.45, 7) is 11.0. The molecule has 0 aliphatic carbocycles. The van der Waals surface area contributed by atoms with Crippen molar-refractivity contribution in [1.82, 2.24) is 0 Å². The van der Waals surface area contributed by atoms with Crippen LogP contribution in [0.25, 0.3) is 0 Å². The highest BCUT2D eigenvalue weighted by Gasteiger charge is 2.20. The molecule has 0 heteroatoms. The Morgan fingerprint density at radius 2 is 1.08 bits per heavy atom. The molecule has 0 aromatic heterocycles. The highest BCUT2D eigenvalue weighted by atomic mass is 14.3. The summed E-state index contributed by atoms with van der Waals surface area (Å²) in [4.78, 5) is 0. The van der Waals surface area contributed by atoms with E-state index in [1.54, 1.807) is 0 Å². The van der Waals surface area contributed by atoms with Crippen molar-refractivity contribution in [3.63, 3.8) is 0 Å². The molecule has 0 aliphatic rings. The zero-order chi connectivity index (χ0) is 10.5. The standard InChI is InChI=1S/C12H26/c1-6-11(7-2)10(5)12(8-3)9-4/h10-12H,6-9H2,1-5H3/i10D. The first kappa shape index (κ1) is 10.1. The Hall–Kier alpha value is 0. The second-order valence-electron chi connectivity index (χ2n) is 3.77. The van der Waals surface area contributed by atoms with E-state index in [9.17, 15) is 0 Å². The predicted molar refractivity (Wildman–Crippen MR) is 57.3 cm³/mol. The molecule has 0 heterocycles. The van der Waals surface area contributed by atoms with Crippen LogP contribution < -0.4 is 0 Å². The summed E-state index contributed by atoms with van der Waals surface area (Å²) in [5.74, 6) is 0.919. The molecule has 0 unspecified atom stereocenters. The molecule has 0 amide bonds. The lowest BCUT2D eigenvalue weighted by atomic mass is 9.78. The molecule has 0 saturated heterocycles. The van der Waals surface area contributed by atoms with Gasteiger partial charge in [0.05, 0.1) is 0 Å². The van der Waals surface area contributed by atoms with Gasteiger partial charge in [-0.3, -0.25) is 0 Å². The maximum absolute atomic E-state index is 8.44. The maximum Gasteiger partial charge on any atom is 0.0306 e. The molecule has 0 aromatic rings. The van der Waals surface area contributed by atoms with Crippen molar-refractivity contribution in [1.29, 1.82) is 0 Å². The Labute approximate surface area is 80.2 Å². The van der Waals surface area contributed by atoms with E-state index in [1.807, 2.05) is 0 Å². The lowest BCUT2D eigenvalue weighted by molar-refractivity contribution is 0.222. The number of rotatable bonds is 6. The second kappa shape index (κ2) is 6.51.